The zero-order valence-corrected chi connectivity index (χ0v) is 17.7. The number of esters is 1. The molecule has 0 spiro atoms. The van der Waals surface area contributed by atoms with E-state index < -0.39 is 0 Å². The van der Waals surface area contributed by atoms with Crippen LogP contribution in [0.3, 0.4) is 0 Å². The lowest BCUT2D eigenvalue weighted by Crippen LogP contribution is -2.07. The number of ether oxygens (including phenoxy) is 1. The van der Waals surface area contributed by atoms with Gasteiger partial charge in [0.2, 0.25) is 0 Å². The summed E-state index contributed by atoms with van der Waals surface area (Å²) in [5.41, 5.74) is 3.72. The second-order valence-electron chi connectivity index (χ2n) is 8.30. The van der Waals surface area contributed by atoms with Gasteiger partial charge in [-0.1, -0.05) is 38.8 Å². The van der Waals surface area contributed by atoms with E-state index in [0.29, 0.717) is 18.2 Å². The van der Waals surface area contributed by atoms with Crippen molar-refractivity contribution in [2.75, 3.05) is 0 Å². The van der Waals surface area contributed by atoms with Gasteiger partial charge in [-0.3, -0.25) is 9.20 Å². The largest absolute Gasteiger partial charge is 0.424 e. The third-order valence-electron chi connectivity index (χ3n) is 5.90. The first kappa shape index (κ1) is 19.1. The quantitative estimate of drug-likeness (QED) is 0.358. The highest BCUT2D eigenvalue weighted by Gasteiger charge is 2.30. The molecule has 1 aliphatic carbocycles. The fourth-order valence-corrected chi connectivity index (χ4v) is 4.15. The highest BCUT2D eigenvalue weighted by molar-refractivity contribution is 6.01. The molecule has 5 rings (SSSR count). The molecule has 6 heteroatoms. The van der Waals surface area contributed by atoms with Crippen molar-refractivity contribution < 1.29 is 9.53 Å². The molecular weight excluding hydrogens is 376 g/mol. The number of carbonyl (C=O) groups is 1. The summed E-state index contributed by atoms with van der Waals surface area (Å²) in [5.74, 6) is 1.43. The Morgan fingerprint density at radius 2 is 1.90 bits per heavy atom. The molecule has 0 bridgehead atoms. The molecule has 6 nitrogen and oxygen atoms in total. The molecule has 156 valence electrons. The van der Waals surface area contributed by atoms with Gasteiger partial charge in [-0.2, -0.15) is 0 Å². The van der Waals surface area contributed by atoms with E-state index in [2.05, 4.69) is 28.9 Å². The second kappa shape index (κ2) is 7.74. The molecule has 30 heavy (non-hydrogen) atoms. The minimum absolute atomic E-state index is 0.184. The van der Waals surface area contributed by atoms with Crippen molar-refractivity contribution in [1.29, 1.82) is 0 Å². The van der Waals surface area contributed by atoms with Crippen LogP contribution in [0, 0.1) is 0 Å². The third kappa shape index (κ3) is 3.24. The number of benzene rings is 1. The van der Waals surface area contributed by atoms with Gasteiger partial charge in [0.05, 0.1) is 11.0 Å². The van der Waals surface area contributed by atoms with Gasteiger partial charge in [0.15, 0.2) is 11.4 Å². The number of imidazole rings is 1. The smallest absolute Gasteiger partial charge is 0.311 e. The molecule has 0 saturated heterocycles. The topological polar surface area (TPSA) is 61.4 Å². The molecule has 0 amide bonds. The van der Waals surface area contributed by atoms with Crippen molar-refractivity contribution in [3.8, 4) is 5.75 Å². The first-order valence-corrected chi connectivity index (χ1v) is 11.2. The monoisotopic (exact) mass is 404 g/mol. The van der Waals surface area contributed by atoms with Crippen LogP contribution in [0.15, 0.2) is 30.5 Å². The maximum atomic E-state index is 12.4. The van der Waals surface area contributed by atoms with Gasteiger partial charge in [-0.25, -0.2) is 9.97 Å². The van der Waals surface area contributed by atoms with E-state index in [9.17, 15) is 4.79 Å². The van der Waals surface area contributed by atoms with Gasteiger partial charge in [0, 0.05) is 25.1 Å². The number of hydrogen-bond acceptors (Lipinski definition) is 4. The van der Waals surface area contributed by atoms with Crippen molar-refractivity contribution in [1.82, 2.24) is 18.9 Å². The van der Waals surface area contributed by atoms with Crippen LogP contribution in [-0.4, -0.2) is 24.9 Å². The minimum atomic E-state index is -0.184. The molecule has 0 unspecified atom stereocenters. The first-order chi connectivity index (χ1) is 14.7. The zero-order valence-electron chi connectivity index (χ0n) is 17.7. The molecule has 3 heterocycles. The van der Waals surface area contributed by atoms with E-state index >= 15 is 0 Å². The number of aryl methyl sites for hydroxylation is 1. The summed E-state index contributed by atoms with van der Waals surface area (Å²) in [7, 11) is 0. The lowest BCUT2D eigenvalue weighted by molar-refractivity contribution is -0.134. The standard InChI is InChI=1S/C24H28N4O2/c1-3-5-11-20-26-23-22(24-25-17-9-7-8-10-18(17)28(20)24)19(15-27(23)16-13-14-16)30-21(29)12-6-4-2/h7-10,15-16H,3-6,11-14H2,1-2H3. The lowest BCUT2D eigenvalue weighted by Gasteiger charge is -2.09. The third-order valence-corrected chi connectivity index (χ3v) is 5.90. The normalized spacial score (nSPS) is 14.2. The summed E-state index contributed by atoms with van der Waals surface area (Å²) in [5, 5.41) is 0.850. The van der Waals surface area contributed by atoms with E-state index in [4.69, 9.17) is 14.7 Å². The van der Waals surface area contributed by atoms with Gasteiger partial charge in [-0.05, 0) is 37.8 Å². The Hall–Kier alpha value is -2.89. The molecule has 0 atom stereocenters. The molecule has 0 N–H and O–H groups in total. The number of unbranched alkanes of at least 4 members (excludes halogenated alkanes) is 2. The SMILES string of the molecule is CCCCC(=O)Oc1cn(C2CC2)c2nc(CCCC)n3c4ccccc4nc3c12. The molecule has 1 aliphatic rings. The molecule has 0 aliphatic heterocycles. The Bertz CT molecular complexity index is 1230. The van der Waals surface area contributed by atoms with Crippen molar-refractivity contribution in [3.63, 3.8) is 0 Å². The molecule has 1 fully saturated rings. The number of para-hydroxylation sites is 2. The Morgan fingerprint density at radius 3 is 2.67 bits per heavy atom. The Balaban J connectivity index is 1.76. The number of nitrogens with zero attached hydrogens (tertiary/aromatic N) is 4. The predicted molar refractivity (Wildman–Crippen MR) is 118 cm³/mol. The van der Waals surface area contributed by atoms with E-state index in [-0.39, 0.29) is 5.97 Å². The van der Waals surface area contributed by atoms with Crippen LogP contribution in [0.25, 0.3) is 27.7 Å². The average Bonchev–Trinajstić information content (AvgIpc) is 3.43. The summed E-state index contributed by atoms with van der Waals surface area (Å²) in [6.07, 6.45) is 9.57. The zero-order chi connectivity index (χ0) is 20.7. The molecule has 1 aromatic carbocycles. The van der Waals surface area contributed by atoms with Crippen LogP contribution in [-0.2, 0) is 11.2 Å². The predicted octanol–water partition coefficient (Wildman–Crippen LogP) is 5.61. The highest BCUT2D eigenvalue weighted by Crippen LogP contribution is 2.42. The fourth-order valence-electron chi connectivity index (χ4n) is 4.15. The van der Waals surface area contributed by atoms with E-state index in [1.54, 1.807) is 0 Å². The summed E-state index contributed by atoms with van der Waals surface area (Å²) < 4.78 is 10.2. The molecule has 0 radical (unpaired) electrons. The van der Waals surface area contributed by atoms with Gasteiger partial charge < -0.3 is 9.30 Å². The fraction of sp³-hybridized carbons (Fsp3) is 0.458. The molecule has 3 aromatic heterocycles. The van der Waals surface area contributed by atoms with Gasteiger partial charge >= 0.3 is 5.97 Å². The Kier molecular flexibility index (Phi) is 4.93. The molecule has 1 saturated carbocycles. The number of fused-ring (bicyclic) bond motifs is 5. The summed E-state index contributed by atoms with van der Waals surface area (Å²) >= 11 is 0. The van der Waals surface area contributed by atoms with E-state index in [0.717, 1.165) is 78.5 Å². The van der Waals surface area contributed by atoms with Crippen LogP contribution >= 0.6 is 0 Å². The molecule has 4 aromatic rings. The summed E-state index contributed by atoms with van der Waals surface area (Å²) in [4.78, 5) is 22.5. The Labute approximate surface area is 175 Å². The lowest BCUT2D eigenvalue weighted by atomic mass is 10.2. The van der Waals surface area contributed by atoms with E-state index in [1.165, 1.54) is 0 Å². The van der Waals surface area contributed by atoms with Crippen LogP contribution in [0.4, 0.5) is 0 Å². The van der Waals surface area contributed by atoms with Crippen LogP contribution in [0.5, 0.6) is 5.75 Å². The van der Waals surface area contributed by atoms with Gasteiger partial charge in [0.25, 0.3) is 0 Å². The summed E-state index contributed by atoms with van der Waals surface area (Å²) in [6, 6.07) is 8.59. The van der Waals surface area contributed by atoms with Crippen LogP contribution in [0.2, 0.25) is 0 Å². The average molecular weight is 405 g/mol. The first-order valence-electron chi connectivity index (χ1n) is 11.2. The van der Waals surface area contributed by atoms with Crippen LogP contribution in [0.1, 0.15) is 70.7 Å². The number of aromatic nitrogens is 4. The summed E-state index contributed by atoms with van der Waals surface area (Å²) in [6.45, 7) is 4.27. The van der Waals surface area contributed by atoms with Crippen LogP contribution < -0.4 is 4.74 Å². The van der Waals surface area contributed by atoms with Gasteiger partial charge in [0.1, 0.15) is 16.9 Å². The maximum absolute atomic E-state index is 12.4. The number of carbonyl (C=O) groups excluding carboxylic acids is 1. The van der Waals surface area contributed by atoms with Crippen molar-refractivity contribution >= 4 is 33.7 Å². The van der Waals surface area contributed by atoms with Crippen molar-refractivity contribution in [3.05, 3.63) is 36.3 Å². The molecular formula is C24H28N4O2. The second-order valence-corrected chi connectivity index (χ2v) is 8.30. The van der Waals surface area contributed by atoms with E-state index in [1.807, 2.05) is 24.4 Å². The van der Waals surface area contributed by atoms with Crippen molar-refractivity contribution in [2.45, 2.75) is 71.3 Å². The Morgan fingerprint density at radius 1 is 1.10 bits per heavy atom. The highest BCUT2D eigenvalue weighted by atomic mass is 16.5. The van der Waals surface area contributed by atoms with Gasteiger partial charge in [-0.15, -0.1) is 0 Å². The number of hydrogen-bond donors (Lipinski definition) is 0. The minimum Gasteiger partial charge on any atom is -0.424 e. The number of rotatable bonds is 8. The maximum Gasteiger partial charge on any atom is 0.311 e. The van der Waals surface area contributed by atoms with Crippen molar-refractivity contribution in [2.24, 2.45) is 0 Å².